The normalized spacial score (nSPS) is 19.8. The molecule has 36 heavy (non-hydrogen) atoms. The highest BCUT2D eigenvalue weighted by Gasteiger charge is 2.50. The molecule has 9 heteroatoms. The molecule has 0 atom stereocenters. The van der Waals surface area contributed by atoms with Gasteiger partial charge in [-0.2, -0.15) is 13.2 Å². The van der Waals surface area contributed by atoms with Crippen molar-refractivity contribution in [1.82, 2.24) is 20.1 Å². The highest BCUT2D eigenvalue weighted by Crippen LogP contribution is 2.53. The Hall–Kier alpha value is -3.20. The zero-order valence-corrected chi connectivity index (χ0v) is 20.3. The second-order valence-corrected chi connectivity index (χ2v) is 10.7. The highest BCUT2D eigenvalue weighted by molar-refractivity contribution is 6.10. The Morgan fingerprint density at radius 3 is 2.50 bits per heavy atom. The number of anilines is 1. The Bertz CT molecular complexity index is 1350. The molecule has 0 bridgehead atoms. The molecule has 0 unspecified atom stereocenters. The van der Waals surface area contributed by atoms with Gasteiger partial charge in [0.25, 0.3) is 5.91 Å². The van der Waals surface area contributed by atoms with Gasteiger partial charge in [0.2, 0.25) is 0 Å². The van der Waals surface area contributed by atoms with E-state index in [1.165, 1.54) is 11.0 Å². The van der Waals surface area contributed by atoms with E-state index in [9.17, 15) is 18.0 Å². The minimum Gasteiger partial charge on any atom is -0.320 e. The number of fused-ring (bicyclic) bond motifs is 1. The zero-order chi connectivity index (χ0) is 25.3. The maximum Gasteiger partial charge on any atom is 0.416 e. The Labute approximate surface area is 207 Å². The molecule has 6 nitrogen and oxygen atoms in total. The molecule has 0 saturated heterocycles. The number of carbonyl (C=O) groups is 1. The van der Waals surface area contributed by atoms with Crippen LogP contribution < -0.4 is 10.2 Å². The number of nitrogens with one attached hydrogen (secondary N) is 1. The van der Waals surface area contributed by atoms with Crippen molar-refractivity contribution in [1.29, 1.82) is 0 Å². The van der Waals surface area contributed by atoms with E-state index >= 15 is 0 Å². The van der Waals surface area contributed by atoms with Gasteiger partial charge in [0.05, 0.1) is 17.5 Å². The summed E-state index contributed by atoms with van der Waals surface area (Å²) in [4.78, 5) is 14.9. The number of amides is 1. The summed E-state index contributed by atoms with van der Waals surface area (Å²) in [6.45, 7) is 2.28. The first-order valence-electron chi connectivity index (χ1n) is 12.3. The fourth-order valence-electron chi connectivity index (χ4n) is 5.69. The molecule has 0 radical (unpaired) electrons. The van der Waals surface area contributed by atoms with Gasteiger partial charge in [0, 0.05) is 30.4 Å². The Balaban J connectivity index is 1.33. The van der Waals surface area contributed by atoms with Gasteiger partial charge in [0.15, 0.2) is 0 Å². The van der Waals surface area contributed by atoms with Crippen LogP contribution in [0.25, 0.3) is 0 Å². The predicted molar refractivity (Wildman–Crippen MR) is 129 cm³/mol. The molecule has 3 aromatic rings. The lowest BCUT2D eigenvalue weighted by atomic mass is 9.78. The molecule has 2 aliphatic carbocycles. The standard InChI is InChI=1S/C27H28F3N5O/c1-25(7-4-8-25)31-14-17-11-20-21(22(12-17)27(28,29)30)15-35(23(20)36)19-6-3-5-18(13-19)26(9-10-26)24-33-32-16-34(24)2/h3,5-6,11-13,16,31H,4,7-10,14-15H2,1-2H3. The SMILES string of the molecule is Cn1cnnc1C1(c2cccc(N3Cc4c(cc(CNC5(C)CCC5)cc4C(F)(F)F)C3=O)c2)CC1. The molecular weight excluding hydrogens is 467 g/mol. The number of alkyl halides is 3. The van der Waals surface area contributed by atoms with Gasteiger partial charge in [-0.25, -0.2) is 0 Å². The molecule has 0 spiro atoms. The molecule has 3 aliphatic rings. The maximum absolute atomic E-state index is 14.1. The second-order valence-electron chi connectivity index (χ2n) is 10.7. The summed E-state index contributed by atoms with van der Waals surface area (Å²) in [5.74, 6) is 0.459. The molecule has 2 heterocycles. The van der Waals surface area contributed by atoms with Crippen LogP contribution in [0.1, 0.15) is 77.5 Å². The maximum atomic E-state index is 14.1. The lowest BCUT2D eigenvalue weighted by Crippen LogP contribution is -2.47. The van der Waals surface area contributed by atoms with Gasteiger partial charge in [-0.15, -0.1) is 10.2 Å². The first-order valence-corrected chi connectivity index (χ1v) is 12.3. The quantitative estimate of drug-likeness (QED) is 0.517. The van der Waals surface area contributed by atoms with Crippen molar-refractivity contribution in [2.24, 2.45) is 7.05 Å². The van der Waals surface area contributed by atoms with Crippen LogP contribution in [0.4, 0.5) is 18.9 Å². The number of rotatable bonds is 6. The van der Waals surface area contributed by atoms with Crippen molar-refractivity contribution in [3.8, 4) is 0 Å². The first kappa shape index (κ1) is 23.2. The first-order chi connectivity index (χ1) is 17.1. The molecule has 1 aliphatic heterocycles. The van der Waals surface area contributed by atoms with Crippen LogP contribution in [0.15, 0.2) is 42.7 Å². The second kappa shape index (κ2) is 7.90. The highest BCUT2D eigenvalue weighted by atomic mass is 19.4. The van der Waals surface area contributed by atoms with E-state index < -0.39 is 17.6 Å². The topological polar surface area (TPSA) is 63.1 Å². The number of hydrogen-bond acceptors (Lipinski definition) is 4. The van der Waals surface area contributed by atoms with Gasteiger partial charge < -0.3 is 14.8 Å². The van der Waals surface area contributed by atoms with Crippen LogP contribution in [0, 0.1) is 0 Å². The number of halogens is 3. The average Bonchev–Trinajstić information content (AvgIpc) is 3.41. The molecule has 1 N–H and O–H groups in total. The van der Waals surface area contributed by atoms with Crippen LogP contribution in [0.5, 0.6) is 0 Å². The smallest absolute Gasteiger partial charge is 0.320 e. The zero-order valence-electron chi connectivity index (χ0n) is 20.3. The number of hydrogen-bond donors (Lipinski definition) is 1. The van der Waals surface area contributed by atoms with Crippen molar-refractivity contribution in [2.45, 2.75) is 69.2 Å². The fraction of sp³-hybridized carbons (Fsp3) is 0.444. The van der Waals surface area contributed by atoms with Crippen LogP contribution in [-0.2, 0) is 31.7 Å². The third-order valence-corrected chi connectivity index (χ3v) is 8.18. The Kier molecular flexibility index (Phi) is 5.09. The van der Waals surface area contributed by atoms with Crippen molar-refractivity contribution in [3.05, 3.63) is 76.4 Å². The number of benzene rings is 2. The molecule has 1 aromatic heterocycles. The lowest BCUT2D eigenvalue weighted by molar-refractivity contribution is -0.138. The molecule has 6 rings (SSSR count). The molecule has 1 amide bonds. The molecule has 2 saturated carbocycles. The third kappa shape index (κ3) is 3.72. The minimum absolute atomic E-state index is 0.0462. The van der Waals surface area contributed by atoms with Crippen molar-refractivity contribution < 1.29 is 18.0 Å². The average molecular weight is 496 g/mol. The fourth-order valence-corrected chi connectivity index (χ4v) is 5.69. The van der Waals surface area contributed by atoms with E-state index in [1.54, 1.807) is 18.5 Å². The molecule has 2 fully saturated rings. The van der Waals surface area contributed by atoms with E-state index in [0.29, 0.717) is 17.8 Å². The molecule has 188 valence electrons. The summed E-state index contributed by atoms with van der Waals surface area (Å²) >= 11 is 0. The van der Waals surface area contributed by atoms with Gasteiger partial charge in [-0.1, -0.05) is 12.1 Å². The van der Waals surface area contributed by atoms with Crippen LogP contribution >= 0.6 is 0 Å². The number of nitrogens with zero attached hydrogens (tertiary/aromatic N) is 4. The van der Waals surface area contributed by atoms with E-state index in [-0.39, 0.29) is 28.6 Å². The van der Waals surface area contributed by atoms with Crippen LogP contribution in [-0.4, -0.2) is 26.2 Å². The monoisotopic (exact) mass is 495 g/mol. The number of aryl methyl sites for hydroxylation is 1. The van der Waals surface area contributed by atoms with Gasteiger partial charge in [-0.05, 0) is 80.0 Å². The van der Waals surface area contributed by atoms with Gasteiger partial charge in [-0.3, -0.25) is 4.79 Å². The summed E-state index contributed by atoms with van der Waals surface area (Å²) in [6, 6.07) is 10.4. The van der Waals surface area contributed by atoms with Crippen molar-refractivity contribution in [2.75, 3.05) is 4.90 Å². The number of aromatic nitrogens is 3. The predicted octanol–water partition coefficient (Wildman–Crippen LogP) is 5.11. The summed E-state index contributed by atoms with van der Waals surface area (Å²) in [5.41, 5.74) is 1.22. The Morgan fingerprint density at radius 1 is 1.11 bits per heavy atom. The van der Waals surface area contributed by atoms with Gasteiger partial charge >= 0.3 is 6.18 Å². The third-order valence-electron chi connectivity index (χ3n) is 8.18. The van der Waals surface area contributed by atoms with E-state index in [4.69, 9.17) is 0 Å². The van der Waals surface area contributed by atoms with Crippen LogP contribution in [0.2, 0.25) is 0 Å². The summed E-state index contributed by atoms with van der Waals surface area (Å²) in [6.07, 6.45) is 2.06. The summed E-state index contributed by atoms with van der Waals surface area (Å²) < 4.78 is 44.2. The van der Waals surface area contributed by atoms with Crippen molar-refractivity contribution in [3.63, 3.8) is 0 Å². The molecular formula is C27H28F3N5O. The van der Waals surface area contributed by atoms with E-state index in [0.717, 1.165) is 43.5 Å². The van der Waals surface area contributed by atoms with E-state index in [1.807, 2.05) is 29.8 Å². The molecule has 2 aromatic carbocycles. The largest absolute Gasteiger partial charge is 0.416 e. The van der Waals surface area contributed by atoms with Crippen molar-refractivity contribution >= 4 is 11.6 Å². The van der Waals surface area contributed by atoms with E-state index in [2.05, 4.69) is 22.4 Å². The number of carbonyl (C=O) groups excluding carboxylic acids is 1. The van der Waals surface area contributed by atoms with Gasteiger partial charge in [0.1, 0.15) is 12.2 Å². The summed E-state index contributed by atoms with van der Waals surface area (Å²) in [7, 11) is 1.90. The Morgan fingerprint density at radius 2 is 1.89 bits per heavy atom. The lowest BCUT2D eigenvalue weighted by Gasteiger charge is -2.39. The minimum atomic E-state index is -4.54. The van der Waals surface area contributed by atoms with Crippen LogP contribution in [0.3, 0.4) is 0 Å². The summed E-state index contributed by atoms with van der Waals surface area (Å²) in [5, 5.41) is 11.7.